The van der Waals surface area contributed by atoms with Crippen molar-refractivity contribution in [3.8, 4) is 11.5 Å². The number of nitrogens with zero attached hydrogens (tertiary/aromatic N) is 5. The highest BCUT2D eigenvalue weighted by Crippen LogP contribution is 2.31. The van der Waals surface area contributed by atoms with Gasteiger partial charge in [-0.05, 0) is 29.5 Å². The molecular formula is C18H19N5O4. The predicted molar refractivity (Wildman–Crippen MR) is 98.5 cm³/mol. The van der Waals surface area contributed by atoms with Gasteiger partial charge in [0.2, 0.25) is 5.65 Å². The molecule has 0 N–H and O–H groups in total. The van der Waals surface area contributed by atoms with Crippen LogP contribution in [0.3, 0.4) is 0 Å². The number of anilines is 1. The average Bonchev–Trinajstić information content (AvgIpc) is 3.11. The number of benzene rings is 1. The topological polar surface area (TPSA) is 95.0 Å². The van der Waals surface area contributed by atoms with Crippen LogP contribution in [0.4, 0.5) is 11.6 Å². The Kier molecular flexibility index (Phi) is 4.49. The smallest absolute Gasteiger partial charge is 0.368 e. The molecule has 140 valence electrons. The summed E-state index contributed by atoms with van der Waals surface area (Å²) in [7, 11) is 0. The van der Waals surface area contributed by atoms with Gasteiger partial charge in [-0.1, -0.05) is 28.7 Å². The van der Waals surface area contributed by atoms with E-state index < -0.39 is 4.92 Å². The Morgan fingerprint density at radius 1 is 1.30 bits per heavy atom. The van der Waals surface area contributed by atoms with E-state index >= 15 is 0 Å². The Labute approximate surface area is 155 Å². The second kappa shape index (κ2) is 7.10. The van der Waals surface area contributed by atoms with Gasteiger partial charge >= 0.3 is 5.82 Å². The zero-order valence-electron chi connectivity index (χ0n) is 14.8. The molecule has 0 bridgehead atoms. The minimum Gasteiger partial charge on any atom is -0.486 e. The van der Waals surface area contributed by atoms with Crippen molar-refractivity contribution in [1.29, 1.82) is 0 Å². The van der Waals surface area contributed by atoms with Crippen LogP contribution < -0.4 is 14.4 Å². The van der Waals surface area contributed by atoms with Gasteiger partial charge in [0.25, 0.3) is 0 Å². The number of hydrogen-bond acceptors (Lipinski definition) is 7. The molecule has 2 aromatic heterocycles. The Balaban J connectivity index is 1.58. The highest BCUT2D eigenvalue weighted by atomic mass is 16.6. The number of fused-ring (bicyclic) bond motifs is 2. The van der Waals surface area contributed by atoms with Crippen LogP contribution in [-0.2, 0) is 0 Å². The molecule has 3 aromatic rings. The quantitative estimate of drug-likeness (QED) is 0.487. The van der Waals surface area contributed by atoms with E-state index in [1.165, 1.54) is 10.7 Å². The molecular weight excluding hydrogens is 350 g/mol. The van der Waals surface area contributed by atoms with Crippen molar-refractivity contribution in [2.75, 3.05) is 24.6 Å². The van der Waals surface area contributed by atoms with Gasteiger partial charge < -0.3 is 24.5 Å². The maximum Gasteiger partial charge on any atom is 0.368 e. The van der Waals surface area contributed by atoms with Crippen molar-refractivity contribution in [1.82, 2.24) is 14.6 Å². The maximum absolute atomic E-state index is 11.2. The second-order valence-corrected chi connectivity index (χ2v) is 6.28. The van der Waals surface area contributed by atoms with Gasteiger partial charge in [-0.2, -0.15) is 0 Å². The van der Waals surface area contributed by atoms with E-state index in [1.54, 1.807) is 6.07 Å². The summed E-state index contributed by atoms with van der Waals surface area (Å²) in [5, 5.41) is 15.6. The van der Waals surface area contributed by atoms with E-state index in [9.17, 15) is 10.1 Å². The summed E-state index contributed by atoms with van der Waals surface area (Å²) in [6.07, 6.45) is 1.95. The largest absolute Gasteiger partial charge is 0.486 e. The first kappa shape index (κ1) is 17.1. The number of aromatic nitrogens is 3. The fraction of sp³-hybridized carbons (Fsp3) is 0.333. The first-order valence-electron chi connectivity index (χ1n) is 8.78. The summed E-state index contributed by atoms with van der Waals surface area (Å²) in [6.45, 7) is 3.80. The van der Waals surface area contributed by atoms with Crippen LogP contribution in [0.1, 0.15) is 13.3 Å². The van der Waals surface area contributed by atoms with Crippen molar-refractivity contribution in [2.45, 2.75) is 19.4 Å². The Hall–Kier alpha value is -3.36. The number of rotatable bonds is 6. The lowest BCUT2D eigenvalue weighted by atomic mass is 10.2. The molecule has 9 nitrogen and oxygen atoms in total. The zero-order chi connectivity index (χ0) is 18.8. The summed E-state index contributed by atoms with van der Waals surface area (Å²) < 4.78 is 13.1. The summed E-state index contributed by atoms with van der Waals surface area (Å²) in [6, 6.07) is 11.1. The highest BCUT2D eigenvalue weighted by molar-refractivity contribution is 5.49. The molecule has 9 heteroatoms. The van der Waals surface area contributed by atoms with Crippen LogP contribution >= 0.6 is 0 Å². The van der Waals surface area contributed by atoms with Gasteiger partial charge in [-0.3, -0.25) is 0 Å². The summed E-state index contributed by atoms with van der Waals surface area (Å²) in [4.78, 5) is 16.8. The van der Waals surface area contributed by atoms with Crippen LogP contribution in [0.5, 0.6) is 11.5 Å². The standard InChI is InChI=1S/C18H19N5O4/c1-2-9-21(11-13-12-26-14-5-3-4-6-15(14)27-13)17-8-7-16-19-10-18(23(24)25)22(16)20-17/h3-8,10,13H,2,9,11-12H2,1H3. The molecule has 0 radical (unpaired) electrons. The van der Waals surface area contributed by atoms with E-state index in [-0.39, 0.29) is 11.9 Å². The van der Waals surface area contributed by atoms with Crippen molar-refractivity contribution in [3.63, 3.8) is 0 Å². The molecule has 3 heterocycles. The molecule has 27 heavy (non-hydrogen) atoms. The van der Waals surface area contributed by atoms with Crippen molar-refractivity contribution in [2.24, 2.45) is 0 Å². The first-order chi connectivity index (χ1) is 13.2. The fourth-order valence-corrected chi connectivity index (χ4v) is 3.11. The molecule has 0 amide bonds. The number of nitro groups is 1. The number of ether oxygens (including phenoxy) is 2. The molecule has 1 atom stereocenters. The molecule has 1 unspecified atom stereocenters. The van der Waals surface area contributed by atoms with Gasteiger partial charge in [-0.25, -0.2) is 4.98 Å². The minimum atomic E-state index is -0.490. The van der Waals surface area contributed by atoms with E-state index in [0.29, 0.717) is 24.6 Å². The van der Waals surface area contributed by atoms with Gasteiger partial charge in [0.05, 0.1) is 6.54 Å². The third kappa shape index (κ3) is 3.35. The molecule has 0 spiro atoms. The molecule has 1 aliphatic heterocycles. The van der Waals surface area contributed by atoms with Gasteiger partial charge in [0.15, 0.2) is 23.4 Å². The lowest BCUT2D eigenvalue weighted by Crippen LogP contribution is -2.42. The third-order valence-electron chi connectivity index (χ3n) is 4.33. The van der Waals surface area contributed by atoms with Crippen LogP contribution in [0.2, 0.25) is 0 Å². The van der Waals surface area contributed by atoms with Gasteiger partial charge in [0.1, 0.15) is 12.8 Å². The van der Waals surface area contributed by atoms with Crippen molar-refractivity contribution < 1.29 is 14.4 Å². The highest BCUT2D eigenvalue weighted by Gasteiger charge is 2.25. The van der Waals surface area contributed by atoms with E-state index in [1.807, 2.05) is 35.2 Å². The Morgan fingerprint density at radius 3 is 2.89 bits per heavy atom. The lowest BCUT2D eigenvalue weighted by Gasteiger charge is -2.31. The summed E-state index contributed by atoms with van der Waals surface area (Å²) in [5.41, 5.74) is 0.438. The molecule has 1 aliphatic rings. The van der Waals surface area contributed by atoms with Crippen LogP contribution in [0.15, 0.2) is 42.6 Å². The average molecular weight is 369 g/mol. The number of hydrogen-bond donors (Lipinski definition) is 0. The normalized spacial score (nSPS) is 15.7. The summed E-state index contributed by atoms with van der Waals surface area (Å²) in [5.74, 6) is 1.94. The first-order valence-corrected chi connectivity index (χ1v) is 8.78. The van der Waals surface area contributed by atoms with E-state index in [2.05, 4.69) is 17.0 Å². The zero-order valence-corrected chi connectivity index (χ0v) is 14.8. The third-order valence-corrected chi connectivity index (χ3v) is 4.33. The molecule has 0 aliphatic carbocycles. The molecule has 1 aromatic carbocycles. The Morgan fingerprint density at radius 2 is 2.11 bits per heavy atom. The number of imidazole rings is 1. The molecule has 0 fully saturated rings. The molecule has 0 saturated heterocycles. The van der Waals surface area contributed by atoms with Crippen molar-refractivity contribution >= 4 is 17.3 Å². The fourth-order valence-electron chi connectivity index (χ4n) is 3.11. The number of para-hydroxylation sites is 2. The predicted octanol–water partition coefficient (Wildman–Crippen LogP) is 2.69. The molecule has 0 saturated carbocycles. The maximum atomic E-state index is 11.2. The van der Waals surface area contributed by atoms with Crippen molar-refractivity contribution in [3.05, 3.63) is 52.7 Å². The van der Waals surface area contributed by atoms with E-state index in [0.717, 1.165) is 24.5 Å². The van der Waals surface area contributed by atoms with E-state index in [4.69, 9.17) is 9.47 Å². The summed E-state index contributed by atoms with van der Waals surface area (Å²) >= 11 is 0. The Bertz CT molecular complexity index is 973. The lowest BCUT2D eigenvalue weighted by molar-refractivity contribution is -0.391. The van der Waals surface area contributed by atoms with Crippen LogP contribution in [0.25, 0.3) is 5.65 Å². The monoisotopic (exact) mass is 369 g/mol. The van der Waals surface area contributed by atoms with Gasteiger partial charge in [0, 0.05) is 12.6 Å². The van der Waals surface area contributed by atoms with Crippen LogP contribution in [-0.4, -0.2) is 45.3 Å². The second-order valence-electron chi connectivity index (χ2n) is 6.28. The van der Waals surface area contributed by atoms with Crippen LogP contribution in [0, 0.1) is 10.1 Å². The SMILES string of the molecule is CCCN(CC1COc2ccccc2O1)c1ccc2ncc([N+](=O)[O-])n2n1. The molecule has 4 rings (SSSR count). The van der Waals surface area contributed by atoms with Gasteiger partial charge in [-0.15, -0.1) is 0 Å². The minimum absolute atomic E-state index is 0.158.